The van der Waals surface area contributed by atoms with Gasteiger partial charge in [0.15, 0.2) is 11.5 Å². The van der Waals surface area contributed by atoms with E-state index >= 15 is 0 Å². The molecule has 0 saturated carbocycles. The average Bonchev–Trinajstić information content (AvgIpc) is 3.21. The minimum Gasteiger partial charge on any atom is -0.306 e. The number of halogens is 6. The first-order chi connectivity index (χ1) is 15.9. The van der Waals surface area contributed by atoms with Crippen molar-refractivity contribution < 1.29 is 22.4 Å². The molecule has 3 heterocycles. The van der Waals surface area contributed by atoms with Crippen molar-refractivity contribution in [3.05, 3.63) is 68.8 Å². The summed E-state index contributed by atoms with van der Waals surface area (Å²) in [6, 6.07) is 4.87. The summed E-state index contributed by atoms with van der Waals surface area (Å²) >= 11 is 12.2. The van der Waals surface area contributed by atoms with E-state index in [0.717, 1.165) is 10.7 Å². The van der Waals surface area contributed by atoms with Gasteiger partial charge in [-0.25, -0.2) is 14.1 Å². The summed E-state index contributed by atoms with van der Waals surface area (Å²) in [5.41, 5.74) is -0.0906. The smallest absolute Gasteiger partial charge is 0.306 e. The maximum absolute atomic E-state index is 13.5. The molecule has 1 amide bonds. The van der Waals surface area contributed by atoms with E-state index in [-0.39, 0.29) is 44.8 Å². The second kappa shape index (κ2) is 8.88. The molecule has 0 saturated heterocycles. The highest BCUT2D eigenvalue weighted by molar-refractivity contribution is 6.33. The Morgan fingerprint density at radius 2 is 1.85 bits per heavy atom. The van der Waals surface area contributed by atoms with Gasteiger partial charge >= 0.3 is 6.18 Å². The molecule has 4 rings (SSSR count). The number of hydrogen-bond acceptors (Lipinski definition) is 4. The number of nitrogens with zero attached hydrogens (tertiary/aromatic N) is 5. The Morgan fingerprint density at radius 3 is 2.53 bits per heavy atom. The van der Waals surface area contributed by atoms with Gasteiger partial charge in [0, 0.05) is 16.9 Å². The maximum Gasteiger partial charge on any atom is 0.417 e. The number of nitrogens with one attached hydrogen (secondary N) is 1. The summed E-state index contributed by atoms with van der Waals surface area (Å²) in [5.74, 6) is -1.06. The van der Waals surface area contributed by atoms with E-state index in [9.17, 15) is 22.4 Å². The monoisotopic (exact) mass is 514 g/mol. The van der Waals surface area contributed by atoms with E-state index in [1.54, 1.807) is 0 Å². The van der Waals surface area contributed by atoms with Crippen LogP contribution in [0.2, 0.25) is 10.0 Å². The minimum atomic E-state index is -4.60. The van der Waals surface area contributed by atoms with Crippen LogP contribution in [0.15, 0.2) is 30.5 Å². The fourth-order valence-corrected chi connectivity index (χ4v) is 3.93. The summed E-state index contributed by atoms with van der Waals surface area (Å²) in [7, 11) is 0. The highest BCUT2D eigenvalue weighted by atomic mass is 35.5. The Balaban J connectivity index is 1.55. The van der Waals surface area contributed by atoms with Crippen LogP contribution in [0, 0.1) is 19.7 Å². The quantitative estimate of drug-likeness (QED) is 0.362. The second-order valence-corrected chi connectivity index (χ2v) is 8.37. The van der Waals surface area contributed by atoms with Crippen LogP contribution in [0.4, 0.5) is 23.4 Å². The molecule has 34 heavy (non-hydrogen) atoms. The van der Waals surface area contributed by atoms with Gasteiger partial charge in [0.1, 0.15) is 17.4 Å². The zero-order valence-electron chi connectivity index (χ0n) is 17.7. The fourth-order valence-electron chi connectivity index (χ4n) is 3.51. The summed E-state index contributed by atoms with van der Waals surface area (Å²) < 4.78 is 56.2. The predicted octanol–water partition coefficient (Wildman–Crippen LogP) is 5.40. The van der Waals surface area contributed by atoms with E-state index in [2.05, 4.69) is 20.5 Å². The van der Waals surface area contributed by atoms with Crippen LogP contribution in [0.25, 0.3) is 11.0 Å². The topological polar surface area (TPSA) is 77.6 Å². The number of fused-ring (bicyclic) bond motifs is 1. The molecule has 4 aromatic rings. The van der Waals surface area contributed by atoms with Crippen molar-refractivity contribution in [3.8, 4) is 0 Å². The highest BCUT2D eigenvalue weighted by Crippen LogP contribution is 2.36. The molecule has 1 N–H and O–H groups in total. The largest absolute Gasteiger partial charge is 0.417 e. The van der Waals surface area contributed by atoms with Crippen molar-refractivity contribution >= 4 is 46.0 Å². The van der Waals surface area contributed by atoms with Crippen LogP contribution in [0.1, 0.15) is 22.5 Å². The van der Waals surface area contributed by atoms with Crippen LogP contribution in [0.3, 0.4) is 0 Å². The fraction of sp³-hybridized carbons (Fsp3) is 0.238. The molecular weight excluding hydrogens is 499 g/mol. The van der Waals surface area contributed by atoms with Gasteiger partial charge in [-0.2, -0.15) is 23.4 Å². The third kappa shape index (κ3) is 4.85. The first-order valence-electron chi connectivity index (χ1n) is 9.81. The Morgan fingerprint density at radius 1 is 1.12 bits per heavy atom. The van der Waals surface area contributed by atoms with Gasteiger partial charge in [0.2, 0.25) is 5.91 Å². The zero-order valence-corrected chi connectivity index (χ0v) is 19.2. The molecule has 178 valence electrons. The van der Waals surface area contributed by atoms with E-state index in [4.69, 9.17) is 23.2 Å². The van der Waals surface area contributed by atoms with Gasteiger partial charge in [-0.1, -0.05) is 29.3 Å². The second-order valence-electron chi connectivity index (χ2n) is 7.56. The molecule has 0 atom stereocenters. The number of pyridine rings is 1. The molecule has 13 heteroatoms. The van der Waals surface area contributed by atoms with Crippen LogP contribution >= 0.6 is 23.2 Å². The number of benzene rings is 1. The van der Waals surface area contributed by atoms with Crippen LogP contribution in [0.5, 0.6) is 0 Å². The normalized spacial score (nSPS) is 11.9. The van der Waals surface area contributed by atoms with Crippen molar-refractivity contribution in [2.45, 2.75) is 33.1 Å². The van der Waals surface area contributed by atoms with Gasteiger partial charge in [-0.05, 0) is 37.6 Å². The van der Waals surface area contributed by atoms with Crippen LogP contribution < -0.4 is 5.32 Å². The number of anilines is 1. The Hall–Kier alpha value is -3.18. The molecule has 0 spiro atoms. The van der Waals surface area contributed by atoms with Crippen molar-refractivity contribution in [3.63, 3.8) is 0 Å². The number of carbonyl (C=O) groups is 1. The molecule has 0 aliphatic rings. The first kappa shape index (κ1) is 24.0. The number of alkyl halides is 3. The molecule has 3 aromatic heterocycles. The highest BCUT2D eigenvalue weighted by Gasteiger charge is 2.35. The first-order valence-corrected chi connectivity index (χ1v) is 10.6. The number of aryl methyl sites for hydroxylation is 2. The van der Waals surface area contributed by atoms with E-state index < -0.39 is 30.0 Å². The SMILES string of the molecule is Cc1cc(C(F)(F)F)c2c(C)nn(CC(=O)Nc3nn(Cc4ccc(F)cc4Cl)cc3Cl)c2n1. The van der Waals surface area contributed by atoms with Crippen molar-refractivity contribution in [2.24, 2.45) is 0 Å². The van der Waals surface area contributed by atoms with E-state index in [1.807, 2.05) is 0 Å². The van der Waals surface area contributed by atoms with Gasteiger partial charge < -0.3 is 5.32 Å². The van der Waals surface area contributed by atoms with Gasteiger partial charge in [0.05, 0.1) is 23.2 Å². The van der Waals surface area contributed by atoms with Crippen molar-refractivity contribution in [2.75, 3.05) is 5.32 Å². The predicted molar refractivity (Wildman–Crippen MR) is 118 cm³/mol. The van der Waals surface area contributed by atoms with Crippen molar-refractivity contribution in [1.29, 1.82) is 0 Å². The van der Waals surface area contributed by atoms with E-state index in [1.165, 1.54) is 42.9 Å². The molecule has 0 bridgehead atoms. The lowest BCUT2D eigenvalue weighted by Gasteiger charge is -2.10. The maximum atomic E-state index is 13.5. The number of carbonyl (C=O) groups excluding carboxylic acids is 1. The molecule has 0 unspecified atom stereocenters. The number of aromatic nitrogens is 5. The summed E-state index contributed by atoms with van der Waals surface area (Å²) in [4.78, 5) is 16.8. The molecule has 0 fully saturated rings. The van der Waals surface area contributed by atoms with Gasteiger partial charge in [-0.3, -0.25) is 9.48 Å². The van der Waals surface area contributed by atoms with Crippen molar-refractivity contribution in [1.82, 2.24) is 24.5 Å². The van der Waals surface area contributed by atoms with Gasteiger partial charge in [0.25, 0.3) is 0 Å². The summed E-state index contributed by atoms with van der Waals surface area (Å²) in [6.07, 6.45) is -3.15. The summed E-state index contributed by atoms with van der Waals surface area (Å²) in [6.45, 7) is 2.61. The molecular formula is C21H16Cl2F4N6O. The molecule has 0 aliphatic carbocycles. The van der Waals surface area contributed by atoms with Crippen LogP contribution in [-0.4, -0.2) is 30.5 Å². The molecule has 0 aliphatic heterocycles. The third-order valence-corrected chi connectivity index (χ3v) is 5.55. The standard InChI is InChI=1S/C21H16Cl2F4N6O/c1-10-5-14(21(25,26)27)18-11(2)30-33(20(18)28-10)9-17(34)29-19-16(23)8-32(31-19)7-12-3-4-13(24)6-15(12)22/h3-6,8H,7,9H2,1-2H3,(H,29,31,34). The number of amides is 1. The number of rotatable bonds is 5. The lowest BCUT2D eigenvalue weighted by atomic mass is 10.1. The number of hydrogen-bond donors (Lipinski definition) is 1. The van der Waals surface area contributed by atoms with Crippen LogP contribution in [-0.2, 0) is 24.1 Å². The zero-order chi connectivity index (χ0) is 24.8. The average molecular weight is 515 g/mol. The molecule has 7 nitrogen and oxygen atoms in total. The lowest BCUT2D eigenvalue weighted by molar-refractivity contribution is -0.136. The lowest BCUT2D eigenvalue weighted by Crippen LogP contribution is -2.20. The van der Waals surface area contributed by atoms with E-state index in [0.29, 0.717) is 5.56 Å². The molecule has 1 aromatic carbocycles. The minimum absolute atomic E-state index is 0.0400. The Kier molecular flexibility index (Phi) is 6.26. The van der Waals surface area contributed by atoms with Gasteiger partial charge in [-0.15, -0.1) is 0 Å². The molecule has 0 radical (unpaired) electrons. The third-order valence-electron chi connectivity index (χ3n) is 4.93. The Labute approximate surface area is 200 Å². The Bertz CT molecular complexity index is 1410. The summed E-state index contributed by atoms with van der Waals surface area (Å²) in [5, 5.41) is 10.9.